The lowest BCUT2D eigenvalue weighted by Gasteiger charge is -2.04. The van der Waals surface area contributed by atoms with Gasteiger partial charge in [-0.15, -0.1) is 0 Å². The van der Waals surface area contributed by atoms with Gasteiger partial charge in [0.2, 0.25) is 0 Å². The summed E-state index contributed by atoms with van der Waals surface area (Å²) in [7, 11) is 0. The monoisotopic (exact) mass is 256 g/mol. The summed E-state index contributed by atoms with van der Waals surface area (Å²) in [4.78, 5) is 12.1. The average Bonchev–Trinajstić information content (AvgIpc) is 2.95. The first-order valence-corrected chi connectivity index (χ1v) is 6.00. The van der Waals surface area contributed by atoms with Crippen LogP contribution >= 0.6 is 0 Å². The summed E-state index contributed by atoms with van der Waals surface area (Å²) in [5, 5.41) is 0. The van der Waals surface area contributed by atoms with Crippen LogP contribution in [0.1, 0.15) is 27.2 Å². The standard InChI is InChI=1S/C14H13N3O2/c1-9-11(6-7-19-9)14(18)16-17-8-10-4-2-3-5-12(10)13(17)15/h2-7,15H,8H2,1H3,(H,16,18)/p+1. The van der Waals surface area contributed by atoms with Crippen LogP contribution in [0.3, 0.4) is 0 Å². The Kier molecular flexibility index (Phi) is 2.59. The maximum Gasteiger partial charge on any atom is 0.299 e. The van der Waals surface area contributed by atoms with Crippen molar-refractivity contribution in [3.05, 3.63) is 59.0 Å². The lowest BCUT2D eigenvalue weighted by atomic mass is 10.1. The van der Waals surface area contributed by atoms with Crippen molar-refractivity contribution in [3.63, 3.8) is 0 Å². The Morgan fingerprint density at radius 3 is 2.84 bits per heavy atom. The van der Waals surface area contributed by atoms with Gasteiger partial charge in [0.15, 0.2) is 0 Å². The maximum atomic E-state index is 12.1. The molecule has 3 rings (SSSR count). The molecule has 0 bridgehead atoms. The largest absolute Gasteiger partial charge is 0.469 e. The Labute approximate surface area is 110 Å². The first kappa shape index (κ1) is 11.5. The molecule has 96 valence electrons. The minimum Gasteiger partial charge on any atom is -0.469 e. The van der Waals surface area contributed by atoms with Gasteiger partial charge in [0.25, 0.3) is 11.7 Å². The zero-order valence-corrected chi connectivity index (χ0v) is 10.5. The van der Waals surface area contributed by atoms with Gasteiger partial charge >= 0.3 is 0 Å². The van der Waals surface area contributed by atoms with Crippen LogP contribution in [-0.4, -0.2) is 16.4 Å². The van der Waals surface area contributed by atoms with Crippen molar-refractivity contribution in [3.8, 4) is 0 Å². The van der Waals surface area contributed by atoms with Crippen molar-refractivity contribution >= 4 is 11.7 Å². The molecule has 0 saturated heterocycles. The van der Waals surface area contributed by atoms with E-state index in [1.54, 1.807) is 17.7 Å². The average molecular weight is 256 g/mol. The zero-order valence-electron chi connectivity index (χ0n) is 10.5. The highest BCUT2D eigenvalue weighted by molar-refractivity contribution is 5.98. The second kappa shape index (κ2) is 4.28. The number of hydrazone groups is 1. The summed E-state index contributed by atoms with van der Waals surface area (Å²) >= 11 is 0. The molecule has 2 heterocycles. The van der Waals surface area contributed by atoms with E-state index in [0.29, 0.717) is 23.7 Å². The third kappa shape index (κ3) is 1.89. The number of aryl methyl sites for hydroxylation is 1. The molecular formula is C14H14N3O2+. The van der Waals surface area contributed by atoms with Gasteiger partial charge in [-0.05, 0) is 19.1 Å². The summed E-state index contributed by atoms with van der Waals surface area (Å²) < 4.78 is 6.77. The molecule has 3 N–H and O–H groups in total. The maximum absolute atomic E-state index is 12.1. The lowest BCUT2D eigenvalue weighted by Crippen LogP contribution is -2.38. The number of benzene rings is 1. The van der Waals surface area contributed by atoms with E-state index in [1.165, 1.54) is 6.26 Å². The predicted octanol–water partition coefficient (Wildman–Crippen LogP) is 1.16. The van der Waals surface area contributed by atoms with E-state index in [1.807, 2.05) is 24.3 Å². The molecule has 19 heavy (non-hydrogen) atoms. The highest BCUT2D eigenvalue weighted by Crippen LogP contribution is 2.15. The third-order valence-corrected chi connectivity index (χ3v) is 3.25. The van der Waals surface area contributed by atoms with Crippen LogP contribution in [0.5, 0.6) is 0 Å². The Morgan fingerprint density at radius 2 is 2.16 bits per heavy atom. The molecule has 2 aromatic rings. The van der Waals surface area contributed by atoms with Crippen LogP contribution in [0, 0.1) is 6.92 Å². The van der Waals surface area contributed by atoms with Crippen LogP contribution in [-0.2, 0) is 6.54 Å². The molecule has 0 fully saturated rings. The molecule has 5 heteroatoms. The lowest BCUT2D eigenvalue weighted by molar-refractivity contribution is -0.584. The topological polar surface area (TPSA) is 71.3 Å². The number of furan rings is 1. The summed E-state index contributed by atoms with van der Waals surface area (Å²) in [6.45, 7) is 2.32. The number of fused-ring (bicyclic) bond motifs is 1. The van der Waals surface area contributed by atoms with E-state index in [2.05, 4.69) is 5.43 Å². The number of nitrogens with zero attached hydrogens (tertiary/aromatic N) is 1. The van der Waals surface area contributed by atoms with E-state index < -0.39 is 0 Å². The van der Waals surface area contributed by atoms with E-state index in [4.69, 9.17) is 10.2 Å². The van der Waals surface area contributed by atoms with Crippen molar-refractivity contribution in [1.82, 2.24) is 5.43 Å². The Bertz CT molecular complexity index is 686. The number of hydrogen-bond acceptors (Lipinski definition) is 3. The van der Waals surface area contributed by atoms with Gasteiger partial charge in [0, 0.05) is 5.56 Å². The van der Waals surface area contributed by atoms with Gasteiger partial charge in [0.05, 0.1) is 17.4 Å². The van der Waals surface area contributed by atoms with Crippen molar-refractivity contribution < 1.29 is 13.9 Å². The molecule has 0 aliphatic carbocycles. The fourth-order valence-corrected chi connectivity index (χ4v) is 2.21. The van der Waals surface area contributed by atoms with Gasteiger partial charge in [0.1, 0.15) is 12.3 Å². The van der Waals surface area contributed by atoms with Gasteiger partial charge < -0.3 is 4.42 Å². The Balaban J connectivity index is 1.85. The molecule has 0 saturated carbocycles. The Morgan fingerprint density at radius 1 is 1.37 bits per heavy atom. The number of rotatable bonds is 2. The van der Waals surface area contributed by atoms with Crippen LogP contribution in [0.25, 0.3) is 0 Å². The van der Waals surface area contributed by atoms with Gasteiger partial charge in [-0.3, -0.25) is 10.5 Å². The SMILES string of the molecule is Cc1occc1C(=O)N[N+]1=C(N)c2ccccc2C1. The normalized spacial score (nSPS) is 13.5. The second-order valence-electron chi connectivity index (χ2n) is 4.46. The van der Waals surface area contributed by atoms with Crippen molar-refractivity contribution in [2.45, 2.75) is 13.5 Å². The number of amides is 1. The first-order valence-electron chi connectivity index (χ1n) is 6.00. The minimum absolute atomic E-state index is 0.220. The molecule has 1 aliphatic heterocycles. The first-order chi connectivity index (χ1) is 9.16. The van der Waals surface area contributed by atoms with Gasteiger partial charge in [-0.2, -0.15) is 10.1 Å². The summed E-state index contributed by atoms with van der Waals surface area (Å²) in [6.07, 6.45) is 1.50. The predicted molar refractivity (Wildman–Crippen MR) is 69.6 cm³/mol. The minimum atomic E-state index is -0.220. The molecule has 0 atom stereocenters. The molecule has 1 amide bonds. The smallest absolute Gasteiger partial charge is 0.299 e. The molecule has 1 aliphatic rings. The summed E-state index contributed by atoms with van der Waals surface area (Å²) in [5.74, 6) is 0.930. The van der Waals surface area contributed by atoms with Crippen molar-refractivity contribution in [2.24, 2.45) is 5.73 Å². The number of nitrogens with one attached hydrogen (secondary N) is 1. The van der Waals surface area contributed by atoms with E-state index in [9.17, 15) is 4.79 Å². The van der Waals surface area contributed by atoms with Crippen LogP contribution in [0.15, 0.2) is 41.0 Å². The quantitative estimate of drug-likeness (QED) is 0.792. The zero-order chi connectivity index (χ0) is 13.4. The summed E-state index contributed by atoms with van der Waals surface area (Å²) in [6, 6.07) is 9.47. The third-order valence-electron chi connectivity index (χ3n) is 3.25. The number of amidine groups is 1. The van der Waals surface area contributed by atoms with Gasteiger partial charge in [-0.1, -0.05) is 18.2 Å². The number of carbonyl (C=O) groups excluding carboxylic acids is 1. The van der Waals surface area contributed by atoms with Crippen molar-refractivity contribution in [2.75, 3.05) is 0 Å². The molecule has 5 nitrogen and oxygen atoms in total. The highest BCUT2D eigenvalue weighted by Gasteiger charge is 2.26. The van der Waals surface area contributed by atoms with Crippen molar-refractivity contribution in [1.29, 1.82) is 0 Å². The fourth-order valence-electron chi connectivity index (χ4n) is 2.21. The Hall–Kier alpha value is -2.56. The molecule has 0 unspecified atom stereocenters. The highest BCUT2D eigenvalue weighted by atomic mass is 16.3. The van der Waals surface area contributed by atoms with E-state index >= 15 is 0 Å². The van der Waals surface area contributed by atoms with E-state index in [-0.39, 0.29) is 5.91 Å². The fraction of sp³-hybridized carbons (Fsp3) is 0.143. The van der Waals surface area contributed by atoms with Crippen LogP contribution in [0.4, 0.5) is 0 Å². The van der Waals surface area contributed by atoms with E-state index in [0.717, 1.165) is 11.1 Å². The number of hydrazine groups is 1. The van der Waals surface area contributed by atoms with Crippen LogP contribution < -0.4 is 11.2 Å². The number of carbonyl (C=O) groups is 1. The number of nitrogens with two attached hydrogens (primary N) is 1. The molecule has 0 radical (unpaired) electrons. The molecule has 1 aromatic heterocycles. The van der Waals surface area contributed by atoms with Crippen LogP contribution in [0.2, 0.25) is 0 Å². The molecule has 1 aromatic carbocycles. The number of hydrogen-bond donors (Lipinski definition) is 2. The second-order valence-corrected chi connectivity index (χ2v) is 4.46. The van der Waals surface area contributed by atoms with Gasteiger partial charge in [-0.25, -0.2) is 0 Å². The molecule has 0 spiro atoms. The summed E-state index contributed by atoms with van der Waals surface area (Å²) in [5.41, 5.74) is 11.4. The molecular weight excluding hydrogens is 242 g/mol.